The largest absolute Gasteiger partial charge is 0.331 e. The maximum Gasteiger partial charge on any atom is 0.0703 e. The van der Waals surface area contributed by atoms with Gasteiger partial charge >= 0.3 is 0 Å². The third kappa shape index (κ3) is 6.81. The lowest BCUT2D eigenvalue weighted by Crippen LogP contribution is -2.36. The highest BCUT2D eigenvalue weighted by molar-refractivity contribution is 6.02. The Bertz CT molecular complexity index is 3330. The molecule has 0 bridgehead atoms. The summed E-state index contributed by atoms with van der Waals surface area (Å²) < 4.78 is 0. The average Bonchev–Trinajstić information content (AvgIpc) is 3.63. The molecule has 5 aliphatic rings. The summed E-state index contributed by atoms with van der Waals surface area (Å²) in [5.74, 6) is 0.661. The molecule has 69 heavy (non-hydrogen) atoms. The van der Waals surface area contributed by atoms with Crippen molar-refractivity contribution in [1.29, 1.82) is 0 Å². The highest BCUT2D eigenvalue weighted by Gasteiger charge is 2.46. The van der Waals surface area contributed by atoms with Crippen LogP contribution in [-0.4, -0.2) is 6.04 Å². The van der Waals surface area contributed by atoms with Crippen molar-refractivity contribution in [2.45, 2.75) is 37.6 Å². The van der Waals surface area contributed by atoms with E-state index in [-0.39, 0.29) is 11.5 Å². The molecule has 4 heteroatoms. The maximum atomic E-state index is 2.56. The predicted molar refractivity (Wildman–Crippen MR) is 290 cm³/mol. The molecule has 0 fully saturated rings. The zero-order valence-corrected chi connectivity index (χ0v) is 38.9. The van der Waals surface area contributed by atoms with Gasteiger partial charge < -0.3 is 19.6 Å². The predicted octanol–water partition coefficient (Wildman–Crippen LogP) is 17.4. The quantitative estimate of drug-likeness (QED) is 0.148. The van der Waals surface area contributed by atoms with Gasteiger partial charge in [0.25, 0.3) is 0 Å². The van der Waals surface area contributed by atoms with Crippen molar-refractivity contribution in [3.8, 4) is 11.1 Å². The summed E-state index contributed by atoms with van der Waals surface area (Å²) >= 11 is 0. The summed E-state index contributed by atoms with van der Waals surface area (Å²) in [5.41, 5.74) is 20.7. The van der Waals surface area contributed by atoms with E-state index in [1.54, 1.807) is 0 Å². The van der Waals surface area contributed by atoms with Gasteiger partial charge in [0.1, 0.15) is 0 Å². The molecular formula is C65H52N4. The van der Waals surface area contributed by atoms with E-state index in [1.165, 1.54) is 61.8 Å². The molecule has 3 atom stereocenters. The van der Waals surface area contributed by atoms with Crippen LogP contribution in [0.5, 0.6) is 0 Å². The average molecular weight is 889 g/mol. The van der Waals surface area contributed by atoms with Crippen molar-refractivity contribution in [3.05, 3.63) is 265 Å². The van der Waals surface area contributed by atoms with Crippen LogP contribution in [0.2, 0.25) is 0 Å². The number of nitrogens with zero attached hydrogens (tertiary/aromatic N) is 4. The number of benzene rings is 8. The van der Waals surface area contributed by atoms with Crippen LogP contribution in [0.15, 0.2) is 242 Å². The summed E-state index contributed by atoms with van der Waals surface area (Å²) in [4.78, 5) is 9.78. The van der Waals surface area contributed by atoms with E-state index in [0.29, 0.717) is 11.8 Å². The molecule has 4 nitrogen and oxygen atoms in total. The fourth-order valence-corrected chi connectivity index (χ4v) is 11.7. The molecule has 0 spiro atoms. The smallest absolute Gasteiger partial charge is 0.0703 e. The third-order valence-corrected chi connectivity index (χ3v) is 15.1. The van der Waals surface area contributed by atoms with Gasteiger partial charge in [-0.3, -0.25) is 0 Å². The molecule has 0 saturated carbocycles. The van der Waals surface area contributed by atoms with Gasteiger partial charge in [-0.25, -0.2) is 0 Å². The summed E-state index contributed by atoms with van der Waals surface area (Å²) in [6.07, 6.45) is 21.9. The van der Waals surface area contributed by atoms with Crippen LogP contribution in [0.4, 0.5) is 56.9 Å². The lowest BCUT2D eigenvalue weighted by atomic mass is 9.74. The number of allylic oxidation sites excluding steroid dienone is 5. The molecule has 0 aromatic heterocycles. The summed E-state index contributed by atoms with van der Waals surface area (Å²) in [5, 5.41) is 0. The van der Waals surface area contributed by atoms with Gasteiger partial charge in [-0.05, 0) is 130 Å². The number of para-hydroxylation sites is 9. The normalized spacial score (nSPS) is 19.1. The molecule has 8 aromatic carbocycles. The monoisotopic (exact) mass is 888 g/mol. The molecular weight excluding hydrogens is 837 g/mol. The molecule has 3 aliphatic carbocycles. The number of hydrogen-bond donors (Lipinski definition) is 0. The Morgan fingerprint density at radius 2 is 0.957 bits per heavy atom. The Balaban J connectivity index is 0.739. The first-order chi connectivity index (χ1) is 34.0. The molecule has 0 N–H and O–H groups in total. The Morgan fingerprint density at radius 3 is 1.52 bits per heavy atom. The second-order valence-corrected chi connectivity index (χ2v) is 19.4. The summed E-state index contributed by atoms with van der Waals surface area (Å²) in [7, 11) is 0. The van der Waals surface area contributed by atoms with Crippen molar-refractivity contribution >= 4 is 69.0 Å². The van der Waals surface area contributed by atoms with Gasteiger partial charge in [-0.15, -0.1) is 0 Å². The zero-order valence-electron chi connectivity index (χ0n) is 38.9. The Labute approximate surface area is 406 Å². The van der Waals surface area contributed by atoms with Gasteiger partial charge in [0.15, 0.2) is 0 Å². The van der Waals surface area contributed by atoms with Crippen LogP contribution in [0.3, 0.4) is 0 Å². The Hall–Kier alpha value is -8.34. The van der Waals surface area contributed by atoms with Crippen LogP contribution >= 0.6 is 0 Å². The molecule has 2 heterocycles. The van der Waals surface area contributed by atoms with Gasteiger partial charge in [0.2, 0.25) is 0 Å². The maximum absolute atomic E-state index is 2.56. The van der Waals surface area contributed by atoms with E-state index in [4.69, 9.17) is 0 Å². The zero-order chi connectivity index (χ0) is 46.1. The number of anilines is 10. The lowest BCUT2D eigenvalue weighted by molar-refractivity contribution is 0.392. The van der Waals surface area contributed by atoms with Crippen molar-refractivity contribution < 1.29 is 0 Å². The van der Waals surface area contributed by atoms with Crippen LogP contribution in [0.25, 0.3) is 23.3 Å². The minimum absolute atomic E-state index is 0.0551. The molecule has 0 amide bonds. The van der Waals surface area contributed by atoms with E-state index in [2.05, 4.69) is 282 Å². The van der Waals surface area contributed by atoms with Crippen LogP contribution in [0.1, 0.15) is 48.4 Å². The highest BCUT2D eigenvalue weighted by atomic mass is 15.3. The van der Waals surface area contributed by atoms with E-state index < -0.39 is 0 Å². The summed E-state index contributed by atoms with van der Waals surface area (Å²) in [6.45, 7) is 4.88. The highest BCUT2D eigenvalue weighted by Crippen LogP contribution is 2.58. The second-order valence-electron chi connectivity index (χ2n) is 19.4. The molecule has 8 aromatic rings. The summed E-state index contributed by atoms with van der Waals surface area (Å²) in [6, 6.07) is 71.2. The van der Waals surface area contributed by atoms with E-state index in [1.807, 2.05) is 0 Å². The number of hydrogen-bond acceptors (Lipinski definition) is 4. The fourth-order valence-electron chi connectivity index (χ4n) is 11.7. The standard InChI is InChI=1S/C65H52N4/c1-65(2)55-43-46(33-41-53(55)54-42-40-52(44-56(54)65)69-63-27-15-13-25-61(63)67(50-19-7-4-8-20-50)62-26-14-16-28-64(62)69)30-29-45-31-34-47(35-32-45)48-36-38-51(39-37-48)68-59-23-11-9-21-57(59)66(49-17-5-3-6-18-49)58-22-10-12-24-60(58)68/h3-19,21-44,50,54,56H,20H2,1-2H3/b30-29+. The fraction of sp³-hybridized carbons (Fsp3) is 0.108. The minimum atomic E-state index is -0.0551. The lowest BCUT2D eigenvalue weighted by Gasteiger charge is -2.44. The van der Waals surface area contributed by atoms with Gasteiger partial charge in [-0.2, -0.15) is 0 Å². The topological polar surface area (TPSA) is 13.0 Å². The minimum Gasteiger partial charge on any atom is -0.331 e. The third-order valence-electron chi connectivity index (χ3n) is 15.1. The van der Waals surface area contributed by atoms with Crippen molar-refractivity contribution in [2.75, 3.05) is 19.6 Å². The van der Waals surface area contributed by atoms with Gasteiger partial charge in [-0.1, -0.05) is 184 Å². The van der Waals surface area contributed by atoms with Crippen LogP contribution in [-0.2, 0) is 5.41 Å². The van der Waals surface area contributed by atoms with Crippen molar-refractivity contribution in [1.82, 2.24) is 0 Å². The van der Waals surface area contributed by atoms with E-state index >= 15 is 0 Å². The Morgan fingerprint density at radius 1 is 0.464 bits per heavy atom. The van der Waals surface area contributed by atoms with E-state index in [9.17, 15) is 0 Å². The van der Waals surface area contributed by atoms with Crippen molar-refractivity contribution in [3.63, 3.8) is 0 Å². The molecule has 0 radical (unpaired) electrons. The first kappa shape index (κ1) is 40.9. The molecule has 0 saturated heterocycles. The van der Waals surface area contributed by atoms with Gasteiger partial charge in [0, 0.05) is 23.0 Å². The van der Waals surface area contributed by atoms with Gasteiger partial charge in [0.05, 0.1) is 51.5 Å². The van der Waals surface area contributed by atoms with Crippen molar-refractivity contribution in [2.24, 2.45) is 5.92 Å². The number of fused-ring (bicyclic) bond motifs is 7. The SMILES string of the molecule is CC1(C)c2cc(/C=C/c3ccc(-c4ccc(N5c6ccccc6N(c6ccccc6)c6ccccc65)cc4)cc3)ccc2C2C=CC(N3c4ccccc4N(C4C=CC=CC4)c4ccccc43)=CC21. The first-order valence-corrected chi connectivity index (χ1v) is 24.4. The molecule has 13 rings (SSSR count). The molecule has 332 valence electrons. The van der Waals surface area contributed by atoms with Crippen LogP contribution < -0.4 is 19.6 Å². The Kier molecular flexibility index (Phi) is 9.76. The second kappa shape index (κ2) is 16.5. The van der Waals surface area contributed by atoms with E-state index in [0.717, 1.165) is 40.5 Å². The molecule has 2 aliphatic heterocycles. The first-order valence-electron chi connectivity index (χ1n) is 24.4. The molecule has 3 unspecified atom stereocenters. The number of rotatable bonds is 7. The van der Waals surface area contributed by atoms with Crippen LogP contribution in [0, 0.1) is 5.92 Å².